The Morgan fingerprint density at radius 3 is 2.38 bits per heavy atom. The van der Waals surface area contributed by atoms with Crippen LogP contribution in [0.1, 0.15) is 18.1 Å². The molecular weight excluding hydrogens is 424 g/mol. The number of aliphatic hydroxyl groups is 1. The van der Waals surface area contributed by atoms with Crippen LogP contribution in [-0.2, 0) is 16.1 Å². The largest absolute Gasteiger partial charge is 0.502 e. The summed E-state index contributed by atoms with van der Waals surface area (Å²) in [6.45, 7) is 3.23. The fraction of sp³-hybridized carbons (Fsp3) is 0.172. The molecule has 0 aliphatic heterocycles. The van der Waals surface area contributed by atoms with Gasteiger partial charge in [-0.25, -0.2) is 4.79 Å². The number of ether oxygens (including phenoxy) is 1. The first-order valence-corrected chi connectivity index (χ1v) is 11.3. The number of carbonyl (C=O) groups excluding carboxylic acids is 1. The second-order valence-corrected chi connectivity index (χ2v) is 8.30. The molecule has 1 aromatic heterocycles. The predicted molar refractivity (Wildman–Crippen MR) is 136 cm³/mol. The van der Waals surface area contributed by atoms with E-state index in [1.54, 1.807) is 6.92 Å². The molecule has 0 amide bonds. The topological polar surface area (TPSA) is 62.7 Å². The number of likely N-dealkylation sites (N-methyl/N-ethyl adjacent to an activating group) is 1. The van der Waals surface area contributed by atoms with E-state index in [0.29, 0.717) is 12.1 Å². The second-order valence-electron chi connectivity index (χ2n) is 8.30. The molecule has 172 valence electrons. The standard InChI is InChI=1S/C29H28N2O3/c1-21(28(32)29(33)34-17-16-31(2)20-22-10-5-3-6-11-22)25-14-9-15-27-26(25)18-24(19-30-27)23-12-7-4-8-13-23/h3-15,18-19,32H,16-17,20H2,1-2H3. The minimum atomic E-state index is -0.727. The number of hydrogen-bond donors (Lipinski definition) is 1. The molecule has 1 heterocycles. The van der Waals surface area contributed by atoms with Crippen LogP contribution in [0, 0.1) is 0 Å². The third kappa shape index (κ3) is 5.50. The highest BCUT2D eigenvalue weighted by Crippen LogP contribution is 2.29. The molecule has 5 nitrogen and oxygen atoms in total. The van der Waals surface area contributed by atoms with Gasteiger partial charge in [0, 0.05) is 35.8 Å². The quantitative estimate of drug-likeness (QED) is 0.206. The molecule has 0 saturated carbocycles. The second kappa shape index (κ2) is 10.8. The number of esters is 1. The Balaban J connectivity index is 1.48. The van der Waals surface area contributed by atoms with Gasteiger partial charge in [0.15, 0.2) is 0 Å². The van der Waals surface area contributed by atoms with Crippen molar-refractivity contribution in [1.82, 2.24) is 9.88 Å². The van der Waals surface area contributed by atoms with Crippen LogP contribution < -0.4 is 0 Å². The molecule has 5 heteroatoms. The predicted octanol–water partition coefficient (Wildman–Crippen LogP) is 5.87. The Labute approximate surface area is 200 Å². The van der Waals surface area contributed by atoms with Crippen LogP contribution in [0.25, 0.3) is 27.6 Å². The van der Waals surface area contributed by atoms with Crippen molar-refractivity contribution in [2.75, 3.05) is 20.2 Å². The molecule has 34 heavy (non-hydrogen) atoms. The van der Waals surface area contributed by atoms with Crippen molar-refractivity contribution in [3.05, 3.63) is 108 Å². The first-order chi connectivity index (χ1) is 16.5. The van der Waals surface area contributed by atoms with E-state index in [1.165, 1.54) is 5.56 Å². The van der Waals surface area contributed by atoms with Crippen LogP contribution in [0.5, 0.6) is 0 Å². The van der Waals surface area contributed by atoms with Gasteiger partial charge >= 0.3 is 5.97 Å². The Hall–Kier alpha value is -3.96. The molecule has 0 radical (unpaired) electrons. The summed E-state index contributed by atoms with van der Waals surface area (Å²) in [7, 11) is 1.97. The molecule has 0 spiro atoms. The minimum Gasteiger partial charge on any atom is -0.502 e. The molecule has 0 unspecified atom stereocenters. The fourth-order valence-electron chi connectivity index (χ4n) is 3.88. The average Bonchev–Trinajstić information content (AvgIpc) is 2.88. The lowest BCUT2D eigenvalue weighted by molar-refractivity contribution is -0.142. The van der Waals surface area contributed by atoms with Crippen molar-refractivity contribution in [2.45, 2.75) is 13.5 Å². The zero-order valence-corrected chi connectivity index (χ0v) is 19.4. The summed E-state index contributed by atoms with van der Waals surface area (Å²) in [6.07, 6.45) is 1.83. The number of hydrogen-bond acceptors (Lipinski definition) is 5. The molecule has 0 atom stereocenters. The van der Waals surface area contributed by atoms with Crippen LogP contribution in [-0.4, -0.2) is 41.2 Å². The van der Waals surface area contributed by atoms with Crippen molar-refractivity contribution in [2.24, 2.45) is 0 Å². The van der Waals surface area contributed by atoms with Gasteiger partial charge in [-0.1, -0.05) is 72.8 Å². The Kier molecular flexibility index (Phi) is 7.35. The minimum absolute atomic E-state index is 0.189. The molecule has 4 aromatic rings. The molecule has 3 aromatic carbocycles. The van der Waals surface area contributed by atoms with Crippen molar-refractivity contribution in [3.8, 4) is 11.1 Å². The summed E-state index contributed by atoms with van der Waals surface area (Å²) >= 11 is 0. The number of carbonyl (C=O) groups is 1. The van der Waals surface area contributed by atoms with Gasteiger partial charge in [-0.2, -0.15) is 0 Å². The highest BCUT2D eigenvalue weighted by Gasteiger charge is 2.17. The maximum absolute atomic E-state index is 12.6. The smallest absolute Gasteiger partial charge is 0.373 e. The summed E-state index contributed by atoms with van der Waals surface area (Å²) in [5.41, 5.74) is 5.21. The third-order valence-corrected chi connectivity index (χ3v) is 5.79. The van der Waals surface area contributed by atoms with E-state index in [4.69, 9.17) is 4.74 Å². The maximum Gasteiger partial charge on any atom is 0.373 e. The SMILES string of the molecule is CC(=C(O)C(=O)OCCN(C)Cc1ccccc1)c1cccc2ncc(-c3ccccc3)cc12. The summed E-state index contributed by atoms with van der Waals surface area (Å²) in [5, 5.41) is 11.5. The third-order valence-electron chi connectivity index (χ3n) is 5.79. The van der Waals surface area contributed by atoms with Crippen LogP contribution in [0.4, 0.5) is 0 Å². The van der Waals surface area contributed by atoms with Gasteiger partial charge in [0.05, 0.1) is 5.52 Å². The van der Waals surface area contributed by atoms with E-state index < -0.39 is 5.97 Å². The molecule has 0 saturated heterocycles. The molecule has 0 aliphatic rings. The molecule has 0 bridgehead atoms. The lowest BCUT2D eigenvalue weighted by atomic mass is 9.98. The summed E-state index contributed by atoms with van der Waals surface area (Å²) < 4.78 is 5.36. The molecule has 0 aliphatic carbocycles. The van der Waals surface area contributed by atoms with Crippen LogP contribution in [0.2, 0.25) is 0 Å². The molecule has 1 N–H and O–H groups in total. The zero-order valence-electron chi connectivity index (χ0n) is 19.4. The molecular formula is C29H28N2O3. The lowest BCUT2D eigenvalue weighted by Gasteiger charge is -2.17. The summed E-state index contributed by atoms with van der Waals surface area (Å²) in [5.74, 6) is -1.11. The van der Waals surface area contributed by atoms with Crippen LogP contribution >= 0.6 is 0 Å². The van der Waals surface area contributed by atoms with Gasteiger partial charge in [0.1, 0.15) is 6.61 Å². The van der Waals surface area contributed by atoms with Gasteiger partial charge in [0.25, 0.3) is 0 Å². The number of aromatic nitrogens is 1. The van der Waals surface area contributed by atoms with E-state index in [9.17, 15) is 9.90 Å². The van der Waals surface area contributed by atoms with E-state index in [-0.39, 0.29) is 12.4 Å². The van der Waals surface area contributed by atoms with Gasteiger partial charge < -0.3 is 9.84 Å². The normalized spacial score (nSPS) is 12.0. The summed E-state index contributed by atoms with van der Waals surface area (Å²) in [4.78, 5) is 19.2. The highest BCUT2D eigenvalue weighted by molar-refractivity contribution is 6.00. The van der Waals surface area contributed by atoms with Gasteiger partial charge in [0.2, 0.25) is 5.76 Å². The highest BCUT2D eigenvalue weighted by atomic mass is 16.5. The number of aliphatic hydroxyl groups excluding tert-OH is 1. The zero-order chi connectivity index (χ0) is 23.9. The number of allylic oxidation sites excluding steroid dienone is 1. The molecule has 0 fully saturated rings. The number of nitrogens with zero attached hydrogens (tertiary/aromatic N) is 2. The van der Waals surface area contributed by atoms with Crippen molar-refractivity contribution < 1.29 is 14.6 Å². The Bertz CT molecular complexity index is 1300. The van der Waals surface area contributed by atoms with E-state index >= 15 is 0 Å². The molecule has 4 rings (SSSR count). The van der Waals surface area contributed by atoms with Crippen molar-refractivity contribution in [3.63, 3.8) is 0 Å². The van der Waals surface area contributed by atoms with Gasteiger partial charge in [-0.3, -0.25) is 9.88 Å². The monoisotopic (exact) mass is 452 g/mol. The van der Waals surface area contributed by atoms with E-state index in [1.807, 2.05) is 86.0 Å². The Morgan fingerprint density at radius 2 is 1.65 bits per heavy atom. The lowest BCUT2D eigenvalue weighted by Crippen LogP contribution is -2.24. The average molecular weight is 453 g/mol. The van der Waals surface area contributed by atoms with Crippen LogP contribution in [0.3, 0.4) is 0 Å². The number of benzene rings is 3. The van der Waals surface area contributed by atoms with E-state index in [0.717, 1.165) is 34.1 Å². The van der Waals surface area contributed by atoms with Crippen molar-refractivity contribution >= 4 is 22.4 Å². The maximum atomic E-state index is 12.6. The number of rotatable bonds is 8. The summed E-state index contributed by atoms with van der Waals surface area (Å²) in [6, 6.07) is 27.8. The van der Waals surface area contributed by atoms with Gasteiger partial charge in [-0.05, 0) is 42.8 Å². The fourth-order valence-corrected chi connectivity index (χ4v) is 3.88. The van der Waals surface area contributed by atoms with Crippen molar-refractivity contribution in [1.29, 1.82) is 0 Å². The Morgan fingerprint density at radius 1 is 0.941 bits per heavy atom. The first kappa shape index (κ1) is 23.2. The first-order valence-electron chi connectivity index (χ1n) is 11.3. The van der Waals surface area contributed by atoms with Gasteiger partial charge in [-0.15, -0.1) is 0 Å². The number of fused-ring (bicyclic) bond motifs is 1. The number of pyridine rings is 1. The van der Waals surface area contributed by atoms with Crippen LogP contribution in [0.15, 0.2) is 96.9 Å². The van der Waals surface area contributed by atoms with E-state index in [2.05, 4.69) is 22.0 Å².